The van der Waals surface area contributed by atoms with Crippen molar-refractivity contribution in [3.8, 4) is 0 Å². The van der Waals surface area contributed by atoms with E-state index in [0.717, 1.165) is 59.7 Å². The molecule has 0 atom stereocenters. The predicted octanol–water partition coefficient (Wildman–Crippen LogP) is 3.00. The van der Waals surface area contributed by atoms with Crippen molar-refractivity contribution in [2.45, 2.75) is 84.7 Å². The van der Waals surface area contributed by atoms with Gasteiger partial charge < -0.3 is 10.6 Å². The molecular formula is C27H40N4O4S. The Morgan fingerprint density at radius 3 is 2.33 bits per heavy atom. The van der Waals surface area contributed by atoms with Crippen molar-refractivity contribution < 1.29 is 18.0 Å². The molecule has 2 aliphatic heterocycles. The van der Waals surface area contributed by atoms with Crippen LogP contribution in [0.2, 0.25) is 0 Å². The van der Waals surface area contributed by atoms with E-state index in [4.69, 9.17) is 4.99 Å². The lowest BCUT2D eigenvalue weighted by Crippen LogP contribution is -2.51. The Morgan fingerprint density at radius 1 is 1.14 bits per heavy atom. The van der Waals surface area contributed by atoms with Crippen LogP contribution in [0.1, 0.15) is 74.6 Å². The minimum atomic E-state index is -3.45. The van der Waals surface area contributed by atoms with E-state index in [-0.39, 0.29) is 17.6 Å². The number of carbonyl (C=O) groups excluding carboxylic acids is 2. The molecule has 2 heterocycles. The van der Waals surface area contributed by atoms with Gasteiger partial charge in [-0.15, -0.1) is 0 Å². The summed E-state index contributed by atoms with van der Waals surface area (Å²) in [5, 5.41) is 5.85. The fourth-order valence-electron chi connectivity index (χ4n) is 5.91. The Morgan fingerprint density at radius 2 is 1.75 bits per heavy atom. The largest absolute Gasteiger partial charge is 0.352 e. The van der Waals surface area contributed by atoms with Gasteiger partial charge in [-0.1, -0.05) is 31.9 Å². The quantitative estimate of drug-likeness (QED) is 0.581. The monoisotopic (exact) mass is 516 g/mol. The number of amidine groups is 1. The molecular weight excluding hydrogens is 476 g/mol. The number of nitrogens with one attached hydrogen (secondary N) is 2. The summed E-state index contributed by atoms with van der Waals surface area (Å²) in [4.78, 5) is 29.0. The third-order valence-electron chi connectivity index (χ3n) is 8.25. The van der Waals surface area contributed by atoms with Crippen molar-refractivity contribution in [3.63, 3.8) is 0 Å². The molecule has 9 heteroatoms. The summed E-state index contributed by atoms with van der Waals surface area (Å²) in [6.45, 7) is 8.83. The third-order valence-corrected chi connectivity index (χ3v) is 10.1. The zero-order valence-electron chi connectivity index (χ0n) is 22.0. The zero-order chi connectivity index (χ0) is 26.1. The van der Waals surface area contributed by atoms with Gasteiger partial charge in [0, 0.05) is 32.5 Å². The lowest BCUT2D eigenvalue weighted by atomic mass is 9.82. The molecule has 2 N–H and O–H groups in total. The number of aryl methyl sites for hydroxylation is 2. The molecule has 36 heavy (non-hydrogen) atoms. The molecule has 2 fully saturated rings. The van der Waals surface area contributed by atoms with Gasteiger partial charge >= 0.3 is 0 Å². The molecule has 1 spiro atoms. The van der Waals surface area contributed by atoms with Crippen LogP contribution in [0.25, 0.3) is 0 Å². The Bertz CT molecular complexity index is 1120. The number of sulfonamides is 1. The van der Waals surface area contributed by atoms with Crippen molar-refractivity contribution in [1.82, 2.24) is 14.9 Å². The molecule has 1 saturated carbocycles. The molecule has 1 aromatic rings. The van der Waals surface area contributed by atoms with Gasteiger partial charge in [-0.3, -0.25) is 14.6 Å². The van der Waals surface area contributed by atoms with E-state index >= 15 is 0 Å². The highest BCUT2D eigenvalue weighted by atomic mass is 32.2. The molecule has 8 nitrogen and oxygen atoms in total. The standard InChI is InChI=1S/C27H40N4O4S/c1-18-5-7-23(8-6-18)25-29-26(33)27(30-25)10-12-31(13-11-27)36(34,35)14-9-24-19(2)15-22(16-20(24)3)17-28-21(4)32/h15-16,18,23H,5-14,17H2,1-4H3,(H,28,32)(H,29,30,33). The number of aliphatic imine (C=N–C) groups is 1. The first-order chi connectivity index (χ1) is 17.0. The lowest BCUT2D eigenvalue weighted by molar-refractivity contribution is -0.125. The summed E-state index contributed by atoms with van der Waals surface area (Å²) < 4.78 is 27.9. The van der Waals surface area contributed by atoms with Crippen LogP contribution in [0.5, 0.6) is 0 Å². The Kier molecular flexibility index (Phi) is 7.90. The molecule has 1 aliphatic carbocycles. The molecule has 3 aliphatic rings. The average Bonchev–Trinajstić information content (AvgIpc) is 3.13. The van der Waals surface area contributed by atoms with Crippen LogP contribution < -0.4 is 10.6 Å². The molecule has 1 aromatic carbocycles. The number of piperidine rings is 1. The maximum absolute atomic E-state index is 13.2. The number of carbonyl (C=O) groups is 2. The van der Waals surface area contributed by atoms with Crippen LogP contribution in [0.3, 0.4) is 0 Å². The maximum atomic E-state index is 13.2. The Labute approximate surface area is 215 Å². The van der Waals surface area contributed by atoms with E-state index in [0.29, 0.717) is 44.8 Å². The van der Waals surface area contributed by atoms with E-state index in [9.17, 15) is 18.0 Å². The van der Waals surface area contributed by atoms with Crippen LogP contribution in [-0.4, -0.2) is 54.8 Å². The number of rotatable bonds is 7. The molecule has 4 rings (SSSR count). The van der Waals surface area contributed by atoms with Crippen molar-refractivity contribution in [3.05, 3.63) is 34.4 Å². The fraction of sp³-hybridized carbons (Fsp3) is 0.667. The maximum Gasteiger partial charge on any atom is 0.253 e. The SMILES string of the molecule is CC(=O)NCc1cc(C)c(CCS(=O)(=O)N2CCC3(CC2)N=C(C2CCC(C)CC2)NC3=O)c(C)c1. The van der Waals surface area contributed by atoms with E-state index in [2.05, 4.69) is 17.6 Å². The normalized spacial score (nSPS) is 24.4. The van der Waals surface area contributed by atoms with E-state index in [1.807, 2.05) is 26.0 Å². The summed E-state index contributed by atoms with van der Waals surface area (Å²) in [6, 6.07) is 4.02. The van der Waals surface area contributed by atoms with Crippen LogP contribution in [-0.2, 0) is 32.6 Å². The minimum Gasteiger partial charge on any atom is -0.352 e. The van der Waals surface area contributed by atoms with Crippen molar-refractivity contribution in [1.29, 1.82) is 0 Å². The average molecular weight is 517 g/mol. The number of nitrogens with zero attached hydrogens (tertiary/aromatic N) is 2. The molecule has 0 unspecified atom stereocenters. The molecule has 0 bridgehead atoms. The van der Waals surface area contributed by atoms with Gasteiger partial charge in [-0.2, -0.15) is 0 Å². The number of benzene rings is 1. The number of amides is 2. The number of hydrogen-bond donors (Lipinski definition) is 2. The van der Waals surface area contributed by atoms with Crippen LogP contribution in [0, 0.1) is 25.7 Å². The van der Waals surface area contributed by atoms with Crippen LogP contribution in [0.4, 0.5) is 0 Å². The van der Waals surface area contributed by atoms with Gasteiger partial charge in [0.2, 0.25) is 15.9 Å². The van der Waals surface area contributed by atoms with Gasteiger partial charge in [-0.25, -0.2) is 12.7 Å². The van der Waals surface area contributed by atoms with Gasteiger partial charge in [0.15, 0.2) is 0 Å². The molecule has 0 aromatic heterocycles. The zero-order valence-corrected chi connectivity index (χ0v) is 22.8. The van der Waals surface area contributed by atoms with Gasteiger partial charge in [0.05, 0.1) is 5.75 Å². The lowest BCUT2D eigenvalue weighted by Gasteiger charge is -2.34. The summed E-state index contributed by atoms with van der Waals surface area (Å²) in [7, 11) is -3.45. The van der Waals surface area contributed by atoms with Crippen LogP contribution >= 0.6 is 0 Å². The highest BCUT2D eigenvalue weighted by Crippen LogP contribution is 2.36. The second-order valence-corrected chi connectivity index (χ2v) is 13.1. The smallest absolute Gasteiger partial charge is 0.253 e. The van der Waals surface area contributed by atoms with E-state index in [1.165, 1.54) is 11.2 Å². The second kappa shape index (κ2) is 10.6. The van der Waals surface area contributed by atoms with Gasteiger partial charge in [0.1, 0.15) is 11.4 Å². The Balaban J connectivity index is 1.36. The summed E-state index contributed by atoms with van der Waals surface area (Å²) in [6.07, 6.45) is 5.74. The molecule has 2 amide bonds. The summed E-state index contributed by atoms with van der Waals surface area (Å²) in [5.74, 6) is 1.78. The number of hydrogen-bond acceptors (Lipinski definition) is 5. The van der Waals surface area contributed by atoms with E-state index < -0.39 is 15.6 Å². The third kappa shape index (κ3) is 5.83. The van der Waals surface area contributed by atoms with Crippen molar-refractivity contribution >= 4 is 27.7 Å². The molecule has 0 radical (unpaired) electrons. The minimum absolute atomic E-state index is 0.0354. The van der Waals surface area contributed by atoms with Gasteiger partial charge in [-0.05, 0) is 74.1 Å². The highest BCUT2D eigenvalue weighted by Gasteiger charge is 2.48. The first-order valence-corrected chi connectivity index (χ1v) is 14.8. The summed E-state index contributed by atoms with van der Waals surface area (Å²) >= 11 is 0. The predicted molar refractivity (Wildman–Crippen MR) is 141 cm³/mol. The topological polar surface area (TPSA) is 108 Å². The second-order valence-electron chi connectivity index (χ2n) is 11.0. The molecule has 1 saturated heterocycles. The summed E-state index contributed by atoms with van der Waals surface area (Å²) in [5.41, 5.74) is 3.30. The van der Waals surface area contributed by atoms with E-state index in [1.54, 1.807) is 0 Å². The first-order valence-electron chi connectivity index (χ1n) is 13.2. The van der Waals surface area contributed by atoms with Crippen molar-refractivity contribution in [2.75, 3.05) is 18.8 Å². The fourth-order valence-corrected chi connectivity index (χ4v) is 7.37. The highest BCUT2D eigenvalue weighted by molar-refractivity contribution is 7.89. The molecule has 198 valence electrons. The van der Waals surface area contributed by atoms with Crippen molar-refractivity contribution in [2.24, 2.45) is 16.8 Å². The first kappa shape index (κ1) is 26.8. The van der Waals surface area contributed by atoms with Crippen LogP contribution in [0.15, 0.2) is 17.1 Å². The van der Waals surface area contributed by atoms with Gasteiger partial charge in [0.25, 0.3) is 5.91 Å². The Hall–Kier alpha value is -2.26.